The summed E-state index contributed by atoms with van der Waals surface area (Å²) < 4.78 is 59.9. The number of nitrogens with zero attached hydrogens (tertiary/aromatic N) is 4. The minimum absolute atomic E-state index is 0.0580. The number of anilines is 1. The topological polar surface area (TPSA) is 85.3 Å². The first-order valence-electron chi connectivity index (χ1n) is 11.0. The monoisotopic (exact) mass is 582 g/mol. The molecule has 0 amide bonds. The van der Waals surface area contributed by atoms with E-state index in [0.717, 1.165) is 18.2 Å². The molecule has 0 aliphatic carbocycles. The van der Waals surface area contributed by atoms with E-state index in [-0.39, 0.29) is 15.9 Å². The van der Waals surface area contributed by atoms with E-state index < -0.39 is 32.1 Å². The van der Waals surface area contributed by atoms with E-state index >= 15 is 0 Å². The Morgan fingerprint density at radius 3 is 2.41 bits per heavy atom. The molecule has 1 saturated heterocycles. The molecular formula is C24H18Cl2F2N4O3S2. The Morgan fingerprint density at radius 1 is 1.00 bits per heavy atom. The molecule has 1 fully saturated rings. The standard InChI is InChI=1S/C24H18Cl2F2N4O3S2/c25-19-14(13-37(33,34)22-16(27)5-2-6-17(22)28)3-1-4-15(19)20-21(18-7-8-29-23(26)30-18)36-24(31-20)32-9-11-35-12-10-32/h1-8H,9-13H2. The van der Waals surface area contributed by atoms with Crippen LogP contribution in [-0.4, -0.2) is 49.7 Å². The molecule has 0 N–H and O–H groups in total. The van der Waals surface area contributed by atoms with Gasteiger partial charge in [0.25, 0.3) is 0 Å². The van der Waals surface area contributed by atoms with Crippen molar-refractivity contribution in [2.24, 2.45) is 0 Å². The summed E-state index contributed by atoms with van der Waals surface area (Å²) in [7, 11) is -4.39. The first-order chi connectivity index (χ1) is 17.7. The summed E-state index contributed by atoms with van der Waals surface area (Å²) in [5.41, 5.74) is 1.62. The van der Waals surface area contributed by atoms with Gasteiger partial charge in [0.05, 0.1) is 40.3 Å². The minimum Gasteiger partial charge on any atom is -0.378 e. The second kappa shape index (κ2) is 10.6. The second-order valence-corrected chi connectivity index (χ2v) is 11.7. The molecule has 0 unspecified atom stereocenters. The fraction of sp³-hybridized carbons (Fsp3) is 0.208. The van der Waals surface area contributed by atoms with Crippen molar-refractivity contribution in [2.75, 3.05) is 31.2 Å². The minimum atomic E-state index is -4.39. The van der Waals surface area contributed by atoms with E-state index in [1.807, 2.05) is 0 Å². The molecule has 0 atom stereocenters. The van der Waals surface area contributed by atoms with Crippen molar-refractivity contribution in [2.45, 2.75) is 10.6 Å². The van der Waals surface area contributed by atoms with Crippen molar-refractivity contribution in [3.8, 4) is 21.8 Å². The molecule has 13 heteroatoms. The maximum absolute atomic E-state index is 14.2. The zero-order chi connectivity index (χ0) is 26.2. The summed E-state index contributed by atoms with van der Waals surface area (Å²) in [6, 6.07) is 9.41. The number of halogens is 4. The molecule has 2 aromatic heterocycles. The lowest BCUT2D eigenvalue weighted by Gasteiger charge is -2.26. The zero-order valence-electron chi connectivity index (χ0n) is 19.0. The lowest BCUT2D eigenvalue weighted by molar-refractivity contribution is 0.122. The van der Waals surface area contributed by atoms with E-state index in [1.54, 1.807) is 18.2 Å². The zero-order valence-corrected chi connectivity index (χ0v) is 22.1. The summed E-state index contributed by atoms with van der Waals surface area (Å²) in [6.07, 6.45) is 1.52. The first-order valence-corrected chi connectivity index (χ1v) is 14.2. The number of hydrogen-bond acceptors (Lipinski definition) is 8. The number of aromatic nitrogens is 3. The third kappa shape index (κ3) is 5.32. The van der Waals surface area contributed by atoms with Gasteiger partial charge in [-0.2, -0.15) is 0 Å². The van der Waals surface area contributed by atoms with Crippen molar-refractivity contribution in [1.29, 1.82) is 0 Å². The highest BCUT2D eigenvalue weighted by Gasteiger charge is 2.27. The average Bonchev–Trinajstić information content (AvgIpc) is 3.31. The smallest absolute Gasteiger partial charge is 0.222 e. The van der Waals surface area contributed by atoms with Gasteiger partial charge in [0.2, 0.25) is 5.28 Å². The number of thiazole rings is 1. The van der Waals surface area contributed by atoms with Gasteiger partial charge < -0.3 is 9.64 Å². The van der Waals surface area contributed by atoms with Crippen LogP contribution < -0.4 is 4.90 Å². The van der Waals surface area contributed by atoms with Crippen molar-refractivity contribution in [1.82, 2.24) is 15.0 Å². The van der Waals surface area contributed by atoms with Crippen LogP contribution in [-0.2, 0) is 20.3 Å². The van der Waals surface area contributed by atoms with Crippen LogP contribution in [0.5, 0.6) is 0 Å². The Labute approximate surface area is 225 Å². The Balaban J connectivity index is 1.60. The molecule has 3 heterocycles. The molecule has 1 aliphatic rings. The Morgan fingerprint density at radius 2 is 1.70 bits per heavy atom. The Kier molecular flexibility index (Phi) is 7.42. The van der Waals surface area contributed by atoms with E-state index in [1.165, 1.54) is 23.6 Å². The maximum Gasteiger partial charge on any atom is 0.222 e. The van der Waals surface area contributed by atoms with Crippen molar-refractivity contribution in [3.05, 3.63) is 76.2 Å². The normalized spacial score (nSPS) is 14.2. The highest BCUT2D eigenvalue weighted by molar-refractivity contribution is 7.90. The quantitative estimate of drug-likeness (QED) is 0.271. The van der Waals surface area contributed by atoms with Crippen molar-refractivity contribution < 1.29 is 21.9 Å². The fourth-order valence-corrected chi connectivity index (χ4v) is 7.08. The summed E-state index contributed by atoms with van der Waals surface area (Å²) in [4.78, 5) is 14.8. The second-order valence-electron chi connectivity index (χ2n) is 8.07. The Bertz CT molecular complexity index is 1560. The predicted octanol–water partition coefficient (Wildman–Crippen LogP) is 5.66. The van der Waals surface area contributed by atoms with Crippen LogP contribution in [0.1, 0.15) is 5.56 Å². The third-order valence-corrected chi connectivity index (χ3v) is 9.14. The number of morpholine rings is 1. The molecule has 2 aromatic carbocycles. The van der Waals surface area contributed by atoms with Gasteiger partial charge in [-0.3, -0.25) is 0 Å². The highest BCUT2D eigenvalue weighted by atomic mass is 35.5. The van der Waals surface area contributed by atoms with Crippen LogP contribution in [0, 0.1) is 11.6 Å². The number of hydrogen-bond donors (Lipinski definition) is 0. The molecule has 0 bridgehead atoms. The number of rotatable bonds is 6. The van der Waals surface area contributed by atoms with Crippen LogP contribution in [0.3, 0.4) is 0 Å². The lowest BCUT2D eigenvalue weighted by Crippen LogP contribution is -2.36. The van der Waals surface area contributed by atoms with E-state index in [2.05, 4.69) is 14.9 Å². The van der Waals surface area contributed by atoms with Gasteiger partial charge in [0, 0.05) is 24.8 Å². The van der Waals surface area contributed by atoms with E-state index in [4.69, 9.17) is 32.9 Å². The molecule has 37 heavy (non-hydrogen) atoms. The lowest BCUT2D eigenvalue weighted by atomic mass is 10.1. The number of ether oxygens (including phenoxy) is 1. The largest absolute Gasteiger partial charge is 0.378 e. The average molecular weight is 583 g/mol. The molecule has 192 valence electrons. The molecule has 4 aromatic rings. The molecule has 5 rings (SSSR count). The third-order valence-electron chi connectivity index (χ3n) is 5.67. The van der Waals surface area contributed by atoms with Crippen LogP contribution in [0.25, 0.3) is 21.8 Å². The van der Waals surface area contributed by atoms with Crippen LogP contribution in [0.15, 0.2) is 53.6 Å². The van der Waals surface area contributed by atoms with Gasteiger partial charge in [-0.05, 0) is 35.4 Å². The molecule has 0 radical (unpaired) electrons. The summed E-state index contributed by atoms with van der Waals surface area (Å²) in [6.45, 7) is 2.42. The SMILES string of the molecule is O=S(=O)(Cc1cccc(-c2nc(N3CCOCC3)sc2-c2ccnc(Cl)n2)c1Cl)c1c(F)cccc1F. The molecule has 7 nitrogen and oxygen atoms in total. The van der Waals surface area contributed by atoms with Crippen LogP contribution in [0.2, 0.25) is 10.3 Å². The van der Waals surface area contributed by atoms with Crippen molar-refractivity contribution in [3.63, 3.8) is 0 Å². The van der Waals surface area contributed by atoms with Crippen LogP contribution >= 0.6 is 34.5 Å². The van der Waals surface area contributed by atoms with Gasteiger partial charge in [-0.25, -0.2) is 32.2 Å². The fourth-order valence-electron chi connectivity index (χ4n) is 3.95. The number of sulfone groups is 1. The maximum atomic E-state index is 14.2. The van der Waals surface area contributed by atoms with Gasteiger partial charge in [0.1, 0.15) is 16.5 Å². The van der Waals surface area contributed by atoms with Crippen LogP contribution in [0.4, 0.5) is 13.9 Å². The van der Waals surface area contributed by atoms with Gasteiger partial charge >= 0.3 is 0 Å². The van der Waals surface area contributed by atoms with Gasteiger partial charge in [0.15, 0.2) is 15.0 Å². The molecule has 0 spiro atoms. The summed E-state index contributed by atoms with van der Waals surface area (Å²) in [5, 5.41) is 0.872. The summed E-state index contributed by atoms with van der Waals surface area (Å²) >= 11 is 14.2. The van der Waals surface area contributed by atoms with Gasteiger partial charge in [-0.1, -0.05) is 47.2 Å². The van der Waals surface area contributed by atoms with Gasteiger partial charge in [-0.15, -0.1) is 0 Å². The molecule has 0 saturated carbocycles. The highest BCUT2D eigenvalue weighted by Crippen LogP contribution is 2.43. The predicted molar refractivity (Wildman–Crippen MR) is 139 cm³/mol. The van der Waals surface area contributed by atoms with E-state index in [0.29, 0.717) is 53.3 Å². The summed E-state index contributed by atoms with van der Waals surface area (Å²) in [5.74, 6) is -3.03. The molecular weight excluding hydrogens is 565 g/mol. The first kappa shape index (κ1) is 25.9. The molecule has 1 aliphatic heterocycles. The van der Waals surface area contributed by atoms with E-state index in [9.17, 15) is 17.2 Å². The van der Waals surface area contributed by atoms with Crippen molar-refractivity contribution >= 4 is 49.5 Å². The number of benzene rings is 2. The Hall–Kier alpha value is -2.70.